The van der Waals surface area contributed by atoms with Crippen LogP contribution in [0.2, 0.25) is 0 Å². The van der Waals surface area contributed by atoms with Crippen LogP contribution >= 0.6 is 0 Å². The molecular formula is C15H22N2. The average Bonchev–Trinajstić information content (AvgIpc) is 2.31. The number of nitrogens with two attached hydrogens (primary N) is 1. The van der Waals surface area contributed by atoms with E-state index in [9.17, 15) is 0 Å². The van der Waals surface area contributed by atoms with Gasteiger partial charge in [-0.15, -0.1) is 0 Å². The standard InChI is InChI=1S/C15H22N2/c1-12-7-8-13-5-2-3-6-14(13)17(12)11-15(16)9-4-10-15/h2-3,5-6,12H,4,7-11,16H2,1H3. The third kappa shape index (κ3) is 1.95. The van der Waals surface area contributed by atoms with Gasteiger partial charge < -0.3 is 10.6 Å². The topological polar surface area (TPSA) is 29.3 Å². The van der Waals surface area contributed by atoms with Crippen molar-refractivity contribution in [2.75, 3.05) is 11.4 Å². The van der Waals surface area contributed by atoms with E-state index in [2.05, 4.69) is 36.1 Å². The molecule has 1 aliphatic carbocycles. The van der Waals surface area contributed by atoms with Gasteiger partial charge in [0.25, 0.3) is 0 Å². The number of rotatable bonds is 2. The molecule has 1 aromatic carbocycles. The molecule has 1 saturated carbocycles. The lowest BCUT2D eigenvalue weighted by molar-refractivity contribution is 0.245. The first-order valence-corrected chi connectivity index (χ1v) is 6.81. The minimum atomic E-state index is 0.0821. The van der Waals surface area contributed by atoms with Crippen LogP contribution < -0.4 is 10.6 Å². The molecule has 0 radical (unpaired) electrons. The molecule has 2 aliphatic rings. The van der Waals surface area contributed by atoms with E-state index in [1.54, 1.807) is 0 Å². The van der Waals surface area contributed by atoms with E-state index in [0.29, 0.717) is 6.04 Å². The van der Waals surface area contributed by atoms with Crippen LogP contribution in [0, 0.1) is 0 Å². The molecule has 0 amide bonds. The van der Waals surface area contributed by atoms with Crippen molar-refractivity contribution in [1.29, 1.82) is 0 Å². The molecular weight excluding hydrogens is 208 g/mol. The van der Waals surface area contributed by atoms with E-state index in [0.717, 1.165) is 6.54 Å². The quantitative estimate of drug-likeness (QED) is 0.846. The zero-order valence-electron chi connectivity index (χ0n) is 10.7. The van der Waals surface area contributed by atoms with E-state index in [-0.39, 0.29) is 5.54 Å². The Kier molecular flexibility index (Phi) is 2.62. The predicted molar refractivity (Wildman–Crippen MR) is 72.3 cm³/mol. The number of hydrogen-bond acceptors (Lipinski definition) is 2. The highest BCUT2D eigenvalue weighted by Gasteiger charge is 2.36. The molecule has 1 aliphatic heterocycles. The first kappa shape index (κ1) is 11.1. The molecule has 2 heteroatoms. The monoisotopic (exact) mass is 230 g/mol. The number of hydrogen-bond donors (Lipinski definition) is 1. The Hall–Kier alpha value is -1.02. The summed E-state index contributed by atoms with van der Waals surface area (Å²) in [5, 5.41) is 0. The zero-order valence-corrected chi connectivity index (χ0v) is 10.7. The van der Waals surface area contributed by atoms with Crippen molar-refractivity contribution < 1.29 is 0 Å². The number of benzene rings is 1. The summed E-state index contributed by atoms with van der Waals surface area (Å²) in [7, 11) is 0. The largest absolute Gasteiger partial charge is 0.367 e. The average molecular weight is 230 g/mol. The van der Waals surface area contributed by atoms with Crippen LogP contribution in [-0.4, -0.2) is 18.1 Å². The fourth-order valence-corrected chi connectivity index (χ4v) is 3.13. The second-order valence-electron chi connectivity index (χ2n) is 5.86. The van der Waals surface area contributed by atoms with Crippen LogP contribution in [-0.2, 0) is 6.42 Å². The van der Waals surface area contributed by atoms with Gasteiger partial charge in [0, 0.05) is 23.8 Å². The minimum Gasteiger partial charge on any atom is -0.367 e. The lowest BCUT2D eigenvalue weighted by atomic mass is 9.76. The summed E-state index contributed by atoms with van der Waals surface area (Å²) < 4.78 is 0. The summed E-state index contributed by atoms with van der Waals surface area (Å²) >= 11 is 0. The van der Waals surface area contributed by atoms with E-state index in [1.165, 1.54) is 43.4 Å². The van der Waals surface area contributed by atoms with E-state index < -0.39 is 0 Å². The molecule has 17 heavy (non-hydrogen) atoms. The number of fused-ring (bicyclic) bond motifs is 1. The molecule has 0 aromatic heterocycles. The predicted octanol–water partition coefficient (Wildman–Crippen LogP) is 2.71. The van der Waals surface area contributed by atoms with Crippen LogP contribution in [0.25, 0.3) is 0 Å². The summed E-state index contributed by atoms with van der Waals surface area (Å²) in [6.07, 6.45) is 6.16. The van der Waals surface area contributed by atoms with Crippen molar-refractivity contribution in [2.24, 2.45) is 5.73 Å². The lowest BCUT2D eigenvalue weighted by Gasteiger charge is -2.46. The summed E-state index contributed by atoms with van der Waals surface area (Å²) in [6.45, 7) is 3.36. The Morgan fingerprint density at radius 2 is 2.12 bits per heavy atom. The highest BCUT2D eigenvalue weighted by Crippen LogP contribution is 2.36. The van der Waals surface area contributed by atoms with Gasteiger partial charge in [-0.3, -0.25) is 0 Å². The van der Waals surface area contributed by atoms with Gasteiger partial charge in [0.05, 0.1) is 0 Å². The number of nitrogens with zero attached hydrogens (tertiary/aromatic N) is 1. The van der Waals surface area contributed by atoms with Crippen molar-refractivity contribution in [2.45, 2.75) is 50.6 Å². The maximum absolute atomic E-state index is 6.41. The van der Waals surface area contributed by atoms with Crippen molar-refractivity contribution in [1.82, 2.24) is 0 Å². The van der Waals surface area contributed by atoms with Crippen LogP contribution in [0.1, 0.15) is 38.2 Å². The van der Waals surface area contributed by atoms with Crippen LogP contribution in [0.15, 0.2) is 24.3 Å². The molecule has 1 atom stereocenters. The second-order valence-corrected chi connectivity index (χ2v) is 5.86. The molecule has 2 nitrogen and oxygen atoms in total. The van der Waals surface area contributed by atoms with E-state index in [1.807, 2.05) is 0 Å². The highest BCUT2D eigenvalue weighted by atomic mass is 15.2. The smallest absolute Gasteiger partial charge is 0.0401 e. The summed E-state index contributed by atoms with van der Waals surface area (Å²) in [5.41, 5.74) is 9.41. The van der Waals surface area contributed by atoms with Crippen molar-refractivity contribution in [3.05, 3.63) is 29.8 Å². The van der Waals surface area contributed by atoms with Gasteiger partial charge in [0.15, 0.2) is 0 Å². The summed E-state index contributed by atoms with van der Waals surface area (Å²) in [4.78, 5) is 2.54. The summed E-state index contributed by atoms with van der Waals surface area (Å²) in [6, 6.07) is 9.44. The van der Waals surface area contributed by atoms with Crippen LogP contribution in [0.5, 0.6) is 0 Å². The van der Waals surface area contributed by atoms with Gasteiger partial charge in [-0.2, -0.15) is 0 Å². The van der Waals surface area contributed by atoms with E-state index in [4.69, 9.17) is 5.73 Å². The van der Waals surface area contributed by atoms with Gasteiger partial charge in [0.1, 0.15) is 0 Å². The van der Waals surface area contributed by atoms with Crippen LogP contribution in [0.4, 0.5) is 5.69 Å². The Morgan fingerprint density at radius 3 is 2.82 bits per heavy atom. The number of para-hydroxylation sites is 1. The number of aryl methyl sites for hydroxylation is 1. The Labute approximate surface area is 104 Å². The minimum absolute atomic E-state index is 0.0821. The van der Waals surface area contributed by atoms with Gasteiger partial charge in [-0.25, -0.2) is 0 Å². The molecule has 0 spiro atoms. The lowest BCUT2D eigenvalue weighted by Crippen LogP contribution is -2.57. The maximum Gasteiger partial charge on any atom is 0.0401 e. The van der Waals surface area contributed by atoms with Gasteiger partial charge in [0.2, 0.25) is 0 Å². The SMILES string of the molecule is CC1CCc2ccccc2N1CC1(N)CCC1. The Morgan fingerprint density at radius 1 is 1.35 bits per heavy atom. The molecule has 3 rings (SSSR count). The zero-order chi connectivity index (χ0) is 11.9. The third-order valence-corrected chi connectivity index (χ3v) is 4.50. The molecule has 0 saturated heterocycles. The maximum atomic E-state index is 6.41. The van der Waals surface area contributed by atoms with Crippen molar-refractivity contribution in [3.63, 3.8) is 0 Å². The molecule has 0 bridgehead atoms. The molecule has 2 N–H and O–H groups in total. The van der Waals surface area contributed by atoms with Gasteiger partial charge in [-0.05, 0) is 50.7 Å². The fraction of sp³-hybridized carbons (Fsp3) is 0.600. The van der Waals surface area contributed by atoms with E-state index >= 15 is 0 Å². The van der Waals surface area contributed by atoms with Crippen molar-refractivity contribution in [3.8, 4) is 0 Å². The first-order valence-electron chi connectivity index (χ1n) is 6.81. The molecule has 1 unspecified atom stereocenters. The summed E-state index contributed by atoms with van der Waals surface area (Å²) in [5.74, 6) is 0. The third-order valence-electron chi connectivity index (χ3n) is 4.50. The van der Waals surface area contributed by atoms with Gasteiger partial charge >= 0.3 is 0 Å². The normalized spacial score (nSPS) is 26.2. The van der Waals surface area contributed by atoms with Crippen LogP contribution in [0.3, 0.4) is 0 Å². The Bertz CT molecular complexity index is 409. The highest BCUT2D eigenvalue weighted by molar-refractivity contribution is 5.56. The van der Waals surface area contributed by atoms with Gasteiger partial charge in [-0.1, -0.05) is 18.2 Å². The fourth-order valence-electron chi connectivity index (χ4n) is 3.13. The second kappa shape index (κ2) is 4.02. The molecule has 1 fully saturated rings. The Balaban J connectivity index is 1.87. The molecule has 1 heterocycles. The molecule has 1 aromatic rings. The first-order chi connectivity index (χ1) is 8.18. The molecule has 92 valence electrons. The number of anilines is 1. The van der Waals surface area contributed by atoms with Crippen molar-refractivity contribution >= 4 is 5.69 Å².